The molecule has 0 aliphatic carbocycles. The van der Waals surface area contributed by atoms with Gasteiger partial charge in [0.1, 0.15) is 0 Å². The van der Waals surface area contributed by atoms with Gasteiger partial charge in [-0.05, 0) is 31.0 Å². The number of benzene rings is 1. The number of nitrogens with one attached hydrogen (secondary N) is 2. The first-order chi connectivity index (χ1) is 10.8. The Kier molecular flexibility index (Phi) is 7.21. The van der Waals surface area contributed by atoms with Gasteiger partial charge in [-0.25, -0.2) is 0 Å². The maximum Gasteiger partial charge on any atom is 0.277 e. The quantitative estimate of drug-likeness (QED) is 0.602. The van der Waals surface area contributed by atoms with Crippen molar-refractivity contribution in [2.24, 2.45) is 0 Å². The summed E-state index contributed by atoms with van der Waals surface area (Å²) in [7, 11) is 3.11. The Morgan fingerprint density at radius 2 is 1.83 bits per heavy atom. The first-order valence-electron chi connectivity index (χ1n) is 7.46. The maximum atomic E-state index is 12.0. The van der Waals surface area contributed by atoms with Gasteiger partial charge in [0, 0.05) is 19.8 Å². The first kappa shape index (κ1) is 18.6. The lowest BCUT2D eigenvalue weighted by Gasteiger charge is -2.16. The van der Waals surface area contributed by atoms with Crippen LogP contribution in [0.1, 0.15) is 11.1 Å². The number of likely N-dealkylation sites (N-methyl/N-ethyl adjacent to an activating group) is 2. The van der Waals surface area contributed by atoms with E-state index in [0.717, 1.165) is 16.8 Å². The van der Waals surface area contributed by atoms with Crippen molar-refractivity contribution in [2.45, 2.75) is 13.8 Å². The van der Waals surface area contributed by atoms with Crippen molar-refractivity contribution in [2.75, 3.05) is 39.0 Å². The van der Waals surface area contributed by atoms with E-state index in [-0.39, 0.29) is 37.4 Å². The van der Waals surface area contributed by atoms with Gasteiger partial charge in [0.15, 0.2) is 13.1 Å². The number of nitrogens with zero attached hydrogens (tertiary/aromatic N) is 1. The van der Waals surface area contributed by atoms with E-state index in [0.29, 0.717) is 0 Å². The first-order valence-corrected chi connectivity index (χ1v) is 7.46. The molecule has 0 heterocycles. The van der Waals surface area contributed by atoms with Crippen molar-refractivity contribution in [3.63, 3.8) is 0 Å². The molecule has 0 unspecified atom stereocenters. The third-order valence-corrected chi connectivity index (χ3v) is 3.40. The van der Waals surface area contributed by atoms with Crippen LogP contribution in [0, 0.1) is 13.8 Å². The van der Waals surface area contributed by atoms with Crippen molar-refractivity contribution in [3.8, 4) is 0 Å². The minimum Gasteiger partial charge on any atom is -0.354 e. The Morgan fingerprint density at radius 3 is 2.48 bits per heavy atom. The molecule has 7 nitrogen and oxygen atoms in total. The van der Waals surface area contributed by atoms with E-state index in [1.807, 2.05) is 32.0 Å². The largest absolute Gasteiger partial charge is 0.354 e. The molecule has 1 aromatic carbocycles. The van der Waals surface area contributed by atoms with Crippen molar-refractivity contribution in [1.29, 1.82) is 0 Å². The van der Waals surface area contributed by atoms with E-state index >= 15 is 0 Å². The molecule has 1 aromatic rings. The molecule has 0 aliphatic rings. The number of carbonyl (C=O) groups is 3. The highest BCUT2D eigenvalue weighted by Gasteiger charge is 2.15. The minimum atomic E-state index is -0.249. The van der Waals surface area contributed by atoms with Gasteiger partial charge in [0.25, 0.3) is 11.8 Å². The van der Waals surface area contributed by atoms with Crippen LogP contribution >= 0.6 is 0 Å². The fraction of sp³-hybridized carbons (Fsp3) is 0.438. The Bertz CT molecular complexity index is 587. The van der Waals surface area contributed by atoms with Crippen LogP contribution in [-0.4, -0.2) is 56.4 Å². The van der Waals surface area contributed by atoms with Crippen LogP contribution in [0.3, 0.4) is 0 Å². The number of aryl methyl sites for hydroxylation is 2. The molecule has 23 heavy (non-hydrogen) atoms. The second-order valence-corrected chi connectivity index (χ2v) is 5.49. The molecule has 126 valence electrons. The van der Waals surface area contributed by atoms with Crippen LogP contribution < -0.4 is 16.0 Å². The van der Waals surface area contributed by atoms with Crippen LogP contribution in [0.25, 0.3) is 0 Å². The second kappa shape index (κ2) is 8.89. The monoisotopic (exact) mass is 321 g/mol. The summed E-state index contributed by atoms with van der Waals surface area (Å²) in [6.45, 7) is 4.15. The number of nitrogens with two attached hydrogens (primary N) is 1. The summed E-state index contributed by atoms with van der Waals surface area (Å²) >= 11 is 0. The summed E-state index contributed by atoms with van der Waals surface area (Å²) in [5.74, 6) is -0.598. The van der Waals surface area contributed by atoms with E-state index in [2.05, 4.69) is 10.6 Å². The highest BCUT2D eigenvalue weighted by atomic mass is 16.2. The molecule has 4 N–H and O–H groups in total. The fourth-order valence-electron chi connectivity index (χ4n) is 1.95. The summed E-state index contributed by atoms with van der Waals surface area (Å²) in [4.78, 5) is 36.4. The van der Waals surface area contributed by atoms with Crippen LogP contribution in [0.15, 0.2) is 18.2 Å². The van der Waals surface area contributed by atoms with E-state index in [9.17, 15) is 14.4 Å². The predicted molar refractivity (Wildman–Crippen MR) is 87.9 cm³/mol. The maximum absolute atomic E-state index is 12.0. The Morgan fingerprint density at radius 1 is 1.13 bits per heavy atom. The molecular weight excluding hydrogens is 296 g/mol. The lowest BCUT2D eigenvalue weighted by Crippen LogP contribution is -2.88. The number of hydrogen-bond donors (Lipinski definition) is 3. The van der Waals surface area contributed by atoms with Crippen LogP contribution in [0.4, 0.5) is 5.69 Å². The van der Waals surface area contributed by atoms with Gasteiger partial charge >= 0.3 is 0 Å². The Hall–Kier alpha value is -2.41. The Balaban J connectivity index is 2.45. The second-order valence-electron chi connectivity index (χ2n) is 5.49. The lowest BCUT2D eigenvalue weighted by molar-refractivity contribution is -0.633. The van der Waals surface area contributed by atoms with Crippen LogP contribution in [0.5, 0.6) is 0 Å². The molecule has 0 radical (unpaired) electrons. The van der Waals surface area contributed by atoms with Crippen molar-refractivity contribution in [3.05, 3.63) is 29.3 Å². The molecular formula is C16H25N4O3+. The number of quaternary nitrogens is 1. The molecule has 1 rings (SSSR count). The molecule has 3 amide bonds. The number of rotatable bonds is 7. The van der Waals surface area contributed by atoms with E-state index < -0.39 is 0 Å². The molecule has 0 aromatic heterocycles. The van der Waals surface area contributed by atoms with Gasteiger partial charge in [0.05, 0.1) is 6.54 Å². The van der Waals surface area contributed by atoms with Gasteiger partial charge in [-0.15, -0.1) is 0 Å². The summed E-state index contributed by atoms with van der Waals surface area (Å²) in [6, 6.07) is 5.81. The van der Waals surface area contributed by atoms with E-state index in [4.69, 9.17) is 0 Å². The minimum absolute atomic E-state index is 0.0277. The third-order valence-electron chi connectivity index (χ3n) is 3.40. The fourth-order valence-corrected chi connectivity index (χ4v) is 1.95. The zero-order valence-electron chi connectivity index (χ0n) is 14.1. The average molecular weight is 321 g/mol. The number of carbonyl (C=O) groups excluding carboxylic acids is 3. The summed E-state index contributed by atoms with van der Waals surface area (Å²) in [5.41, 5.74) is 2.78. The molecule has 0 aliphatic heterocycles. The van der Waals surface area contributed by atoms with Crippen molar-refractivity contribution >= 4 is 23.4 Å². The number of anilines is 1. The molecule has 0 fully saturated rings. The summed E-state index contributed by atoms with van der Waals surface area (Å²) < 4.78 is 0. The van der Waals surface area contributed by atoms with Crippen molar-refractivity contribution in [1.82, 2.24) is 10.2 Å². The van der Waals surface area contributed by atoms with Crippen LogP contribution in [-0.2, 0) is 14.4 Å². The molecule has 0 atom stereocenters. The molecule has 0 saturated heterocycles. The summed E-state index contributed by atoms with van der Waals surface area (Å²) in [6.07, 6.45) is 0. The average Bonchev–Trinajstić information content (AvgIpc) is 2.50. The smallest absolute Gasteiger partial charge is 0.277 e. The van der Waals surface area contributed by atoms with Crippen LogP contribution in [0.2, 0.25) is 0 Å². The SMILES string of the molecule is CNC(=O)C[NH2+]CC(=O)N(C)CC(=O)Nc1cc(C)ccc1C. The third kappa shape index (κ3) is 6.48. The predicted octanol–water partition coefficient (Wildman–Crippen LogP) is -0.990. The highest BCUT2D eigenvalue weighted by Crippen LogP contribution is 2.16. The van der Waals surface area contributed by atoms with Gasteiger partial charge in [-0.2, -0.15) is 0 Å². The van der Waals surface area contributed by atoms with Gasteiger partial charge < -0.3 is 20.9 Å². The normalized spacial score (nSPS) is 10.1. The number of hydrogen-bond acceptors (Lipinski definition) is 3. The zero-order valence-corrected chi connectivity index (χ0v) is 14.1. The zero-order chi connectivity index (χ0) is 17.4. The van der Waals surface area contributed by atoms with Crippen molar-refractivity contribution < 1.29 is 19.7 Å². The number of amides is 3. The topological polar surface area (TPSA) is 95.1 Å². The molecule has 0 bridgehead atoms. The Labute approximate surface area is 136 Å². The van der Waals surface area contributed by atoms with E-state index in [1.54, 1.807) is 19.4 Å². The van der Waals surface area contributed by atoms with Gasteiger partial charge in [-0.1, -0.05) is 12.1 Å². The van der Waals surface area contributed by atoms with Gasteiger partial charge in [-0.3, -0.25) is 14.4 Å². The lowest BCUT2D eigenvalue weighted by atomic mass is 10.1. The summed E-state index contributed by atoms with van der Waals surface area (Å²) in [5, 5.41) is 6.89. The van der Waals surface area contributed by atoms with Gasteiger partial charge in [0.2, 0.25) is 5.91 Å². The molecule has 0 spiro atoms. The van der Waals surface area contributed by atoms with E-state index in [1.165, 1.54) is 4.90 Å². The molecule has 7 heteroatoms. The highest BCUT2D eigenvalue weighted by molar-refractivity contribution is 5.95. The standard InChI is InChI=1S/C16H24N4O3/c1-11-5-6-12(2)13(7-11)19-15(22)10-20(4)16(23)9-18-8-14(21)17-3/h5-7,18H,8-10H2,1-4H3,(H,17,21)(H,19,22)/p+1. The molecule has 0 saturated carbocycles.